The van der Waals surface area contributed by atoms with Crippen LogP contribution in [0.4, 0.5) is 5.69 Å². The van der Waals surface area contributed by atoms with Gasteiger partial charge in [0.1, 0.15) is 5.75 Å². The Bertz CT molecular complexity index is 374. The lowest BCUT2D eigenvalue weighted by Crippen LogP contribution is -2.42. The molecule has 2 N–H and O–H groups in total. The van der Waals surface area contributed by atoms with Crippen LogP contribution in [0.25, 0.3) is 0 Å². The summed E-state index contributed by atoms with van der Waals surface area (Å²) in [4.78, 5) is 0. The topological polar surface area (TPSA) is 33.3 Å². The van der Waals surface area contributed by atoms with Gasteiger partial charge < -0.3 is 15.4 Å². The molecule has 0 spiro atoms. The van der Waals surface area contributed by atoms with Crippen LogP contribution in [0.2, 0.25) is 0 Å². The molecule has 0 saturated carbocycles. The van der Waals surface area contributed by atoms with Gasteiger partial charge in [-0.1, -0.05) is 0 Å². The Kier molecular flexibility index (Phi) is 3.06. The van der Waals surface area contributed by atoms with E-state index >= 15 is 0 Å². The minimum atomic E-state index is 0.107. The Labute approximate surface area is 97.2 Å². The van der Waals surface area contributed by atoms with Crippen molar-refractivity contribution in [3.05, 3.63) is 23.8 Å². The Morgan fingerprint density at radius 3 is 2.94 bits per heavy atom. The van der Waals surface area contributed by atoms with Crippen molar-refractivity contribution >= 4 is 5.69 Å². The highest BCUT2D eigenvalue weighted by molar-refractivity contribution is 5.52. The molecule has 0 amide bonds. The molecule has 0 bridgehead atoms. The zero-order valence-corrected chi connectivity index (χ0v) is 10.3. The van der Waals surface area contributed by atoms with Crippen LogP contribution in [-0.4, -0.2) is 25.7 Å². The van der Waals surface area contributed by atoms with E-state index in [9.17, 15) is 0 Å². The van der Waals surface area contributed by atoms with Crippen molar-refractivity contribution in [3.63, 3.8) is 0 Å². The van der Waals surface area contributed by atoms with Crippen LogP contribution < -0.4 is 15.4 Å². The second kappa shape index (κ2) is 4.34. The molecule has 0 atom stereocenters. The molecule has 16 heavy (non-hydrogen) atoms. The maximum absolute atomic E-state index is 5.48. The van der Waals surface area contributed by atoms with Crippen molar-refractivity contribution in [1.29, 1.82) is 0 Å². The number of nitrogens with one attached hydrogen (secondary N) is 2. The third-order valence-corrected chi connectivity index (χ3v) is 3.10. The van der Waals surface area contributed by atoms with Gasteiger partial charge in [0.2, 0.25) is 0 Å². The quantitative estimate of drug-likeness (QED) is 0.814. The summed E-state index contributed by atoms with van der Waals surface area (Å²) < 4.78 is 5.48. The van der Waals surface area contributed by atoms with Gasteiger partial charge in [-0.3, -0.25) is 0 Å². The average molecular weight is 220 g/mol. The SMILES string of the molecule is CNC(C)(C)CNc1ccc2c(c1)CCO2. The second-order valence-electron chi connectivity index (χ2n) is 4.91. The summed E-state index contributed by atoms with van der Waals surface area (Å²) in [6.45, 7) is 6.08. The first-order valence-corrected chi connectivity index (χ1v) is 5.79. The summed E-state index contributed by atoms with van der Waals surface area (Å²) in [5.74, 6) is 1.04. The Hall–Kier alpha value is -1.22. The molecular formula is C13H20N2O. The first-order valence-electron chi connectivity index (χ1n) is 5.79. The monoisotopic (exact) mass is 220 g/mol. The minimum absolute atomic E-state index is 0.107. The van der Waals surface area contributed by atoms with Gasteiger partial charge >= 0.3 is 0 Å². The van der Waals surface area contributed by atoms with Crippen LogP contribution in [0, 0.1) is 0 Å². The van der Waals surface area contributed by atoms with Crippen molar-refractivity contribution < 1.29 is 4.74 Å². The average Bonchev–Trinajstić information content (AvgIpc) is 2.73. The van der Waals surface area contributed by atoms with Gasteiger partial charge in [0.15, 0.2) is 0 Å². The van der Waals surface area contributed by atoms with Gasteiger partial charge in [0, 0.05) is 24.2 Å². The van der Waals surface area contributed by atoms with Crippen LogP contribution >= 0.6 is 0 Å². The third kappa shape index (κ3) is 2.47. The molecule has 0 saturated heterocycles. The Morgan fingerprint density at radius 1 is 1.38 bits per heavy atom. The molecule has 1 aliphatic heterocycles. The van der Waals surface area contributed by atoms with Gasteiger partial charge in [-0.2, -0.15) is 0 Å². The van der Waals surface area contributed by atoms with Crippen molar-refractivity contribution in [1.82, 2.24) is 5.32 Å². The number of anilines is 1. The van der Waals surface area contributed by atoms with E-state index in [1.807, 2.05) is 7.05 Å². The van der Waals surface area contributed by atoms with E-state index in [0.717, 1.165) is 25.3 Å². The van der Waals surface area contributed by atoms with Crippen LogP contribution in [0.5, 0.6) is 5.75 Å². The summed E-state index contributed by atoms with van der Waals surface area (Å²) in [6, 6.07) is 6.32. The number of benzene rings is 1. The van der Waals surface area contributed by atoms with E-state index in [-0.39, 0.29) is 5.54 Å². The Morgan fingerprint density at radius 2 is 2.19 bits per heavy atom. The fraction of sp³-hybridized carbons (Fsp3) is 0.538. The number of rotatable bonds is 4. The van der Waals surface area contributed by atoms with E-state index < -0.39 is 0 Å². The normalized spacial score (nSPS) is 14.4. The molecule has 0 fully saturated rings. The number of hydrogen-bond acceptors (Lipinski definition) is 3. The van der Waals surface area contributed by atoms with Gasteiger partial charge in [-0.15, -0.1) is 0 Å². The van der Waals surface area contributed by atoms with Gasteiger partial charge in [0.25, 0.3) is 0 Å². The zero-order chi connectivity index (χ0) is 11.6. The smallest absolute Gasteiger partial charge is 0.122 e. The molecule has 1 aromatic carbocycles. The molecule has 2 rings (SSSR count). The van der Waals surface area contributed by atoms with Crippen LogP contribution in [0.3, 0.4) is 0 Å². The lowest BCUT2D eigenvalue weighted by atomic mass is 10.1. The van der Waals surface area contributed by atoms with Crippen molar-refractivity contribution in [2.24, 2.45) is 0 Å². The zero-order valence-electron chi connectivity index (χ0n) is 10.3. The van der Waals surface area contributed by atoms with Crippen LogP contribution in [0.1, 0.15) is 19.4 Å². The molecule has 0 radical (unpaired) electrons. The first kappa shape index (κ1) is 11.3. The Balaban J connectivity index is 2.00. The summed E-state index contributed by atoms with van der Waals surface area (Å²) in [7, 11) is 1.98. The number of ether oxygens (including phenoxy) is 1. The summed E-state index contributed by atoms with van der Waals surface area (Å²) in [5.41, 5.74) is 2.59. The van der Waals surface area contributed by atoms with Crippen molar-refractivity contribution in [2.75, 3.05) is 25.5 Å². The van der Waals surface area contributed by atoms with Gasteiger partial charge in [-0.05, 0) is 44.7 Å². The van der Waals surface area contributed by atoms with Crippen molar-refractivity contribution in [3.8, 4) is 5.75 Å². The van der Waals surface area contributed by atoms with Crippen molar-refractivity contribution in [2.45, 2.75) is 25.8 Å². The van der Waals surface area contributed by atoms with E-state index in [2.05, 4.69) is 42.7 Å². The molecule has 88 valence electrons. The van der Waals surface area contributed by atoms with Gasteiger partial charge in [-0.25, -0.2) is 0 Å². The van der Waals surface area contributed by atoms with E-state index in [1.54, 1.807) is 0 Å². The van der Waals surface area contributed by atoms with Crippen LogP contribution in [-0.2, 0) is 6.42 Å². The van der Waals surface area contributed by atoms with Gasteiger partial charge in [0.05, 0.1) is 6.61 Å². The molecule has 3 nitrogen and oxygen atoms in total. The highest BCUT2D eigenvalue weighted by atomic mass is 16.5. The van der Waals surface area contributed by atoms with E-state index in [1.165, 1.54) is 11.3 Å². The lowest BCUT2D eigenvalue weighted by Gasteiger charge is -2.25. The number of fused-ring (bicyclic) bond motifs is 1. The predicted octanol–water partition coefficient (Wildman–Crippen LogP) is 2.03. The summed E-state index contributed by atoms with van der Waals surface area (Å²) >= 11 is 0. The lowest BCUT2D eigenvalue weighted by molar-refractivity contribution is 0.357. The molecular weight excluding hydrogens is 200 g/mol. The molecule has 0 unspecified atom stereocenters. The molecule has 1 aromatic rings. The maximum atomic E-state index is 5.48. The second-order valence-corrected chi connectivity index (χ2v) is 4.91. The third-order valence-electron chi connectivity index (χ3n) is 3.10. The largest absolute Gasteiger partial charge is 0.493 e. The predicted molar refractivity (Wildman–Crippen MR) is 67.3 cm³/mol. The maximum Gasteiger partial charge on any atom is 0.122 e. The number of hydrogen-bond donors (Lipinski definition) is 2. The van der Waals surface area contributed by atoms with E-state index in [0.29, 0.717) is 0 Å². The first-order chi connectivity index (χ1) is 7.61. The fourth-order valence-corrected chi connectivity index (χ4v) is 1.71. The fourth-order valence-electron chi connectivity index (χ4n) is 1.71. The number of likely N-dealkylation sites (N-methyl/N-ethyl adjacent to an activating group) is 1. The van der Waals surface area contributed by atoms with Crippen LogP contribution in [0.15, 0.2) is 18.2 Å². The standard InChI is InChI=1S/C13H20N2O/c1-13(2,14-3)9-15-11-4-5-12-10(8-11)6-7-16-12/h4-5,8,14-15H,6-7,9H2,1-3H3. The molecule has 0 aliphatic carbocycles. The minimum Gasteiger partial charge on any atom is -0.493 e. The molecule has 3 heteroatoms. The molecule has 1 aliphatic rings. The van der Waals surface area contributed by atoms with E-state index in [4.69, 9.17) is 4.74 Å². The summed E-state index contributed by atoms with van der Waals surface area (Å²) in [5, 5.41) is 6.72. The molecule has 0 aromatic heterocycles. The molecule has 1 heterocycles. The highest BCUT2D eigenvalue weighted by Crippen LogP contribution is 2.27. The highest BCUT2D eigenvalue weighted by Gasteiger charge is 2.15. The summed E-state index contributed by atoms with van der Waals surface area (Å²) in [6.07, 6.45) is 1.03.